The molecule has 1 N–H and O–H groups in total. The number of ether oxygens (including phenoxy) is 1. The number of nitrogens with one attached hydrogen (secondary N) is 1. The van der Waals surface area contributed by atoms with Crippen LogP contribution in [0, 0.1) is 0 Å². The summed E-state index contributed by atoms with van der Waals surface area (Å²) in [7, 11) is 0. The molecule has 1 fully saturated rings. The Morgan fingerprint density at radius 3 is 2.88 bits per heavy atom. The smallest absolute Gasteiger partial charge is 0.249 e. The highest BCUT2D eigenvalue weighted by molar-refractivity contribution is 5.97. The number of amides is 2. The molecule has 1 aliphatic heterocycles. The van der Waals surface area contributed by atoms with Crippen LogP contribution >= 0.6 is 0 Å². The molecule has 24 heavy (non-hydrogen) atoms. The summed E-state index contributed by atoms with van der Waals surface area (Å²) < 4.78 is 7.00. The van der Waals surface area contributed by atoms with Crippen molar-refractivity contribution in [3.63, 3.8) is 0 Å². The van der Waals surface area contributed by atoms with Gasteiger partial charge in [0.05, 0.1) is 18.5 Å². The van der Waals surface area contributed by atoms with Crippen LogP contribution < -0.4 is 5.32 Å². The highest BCUT2D eigenvalue weighted by atomic mass is 16.5. The second-order valence-corrected chi connectivity index (χ2v) is 5.61. The largest absolute Gasteiger partial charge is 0.369 e. The SMILES string of the molecule is CCn1cc(NC(=O)[C@@H]2COCC(=O)N2Cc2ccccc2)cn1. The molecule has 1 saturated heterocycles. The van der Waals surface area contributed by atoms with Crippen molar-refractivity contribution < 1.29 is 14.3 Å². The molecule has 2 amide bonds. The Morgan fingerprint density at radius 1 is 1.38 bits per heavy atom. The first-order valence-electron chi connectivity index (χ1n) is 7.92. The lowest BCUT2D eigenvalue weighted by Crippen LogP contribution is -2.54. The molecule has 1 atom stereocenters. The van der Waals surface area contributed by atoms with Crippen molar-refractivity contribution in [3.8, 4) is 0 Å². The Hall–Kier alpha value is -2.67. The number of anilines is 1. The minimum Gasteiger partial charge on any atom is -0.369 e. The molecule has 2 heterocycles. The Bertz CT molecular complexity index is 714. The molecule has 0 saturated carbocycles. The van der Waals surface area contributed by atoms with E-state index in [2.05, 4.69) is 10.4 Å². The third kappa shape index (κ3) is 3.62. The van der Waals surface area contributed by atoms with Crippen molar-refractivity contribution in [3.05, 3.63) is 48.3 Å². The van der Waals surface area contributed by atoms with Crippen LogP contribution in [0.1, 0.15) is 12.5 Å². The quantitative estimate of drug-likeness (QED) is 0.897. The number of nitrogens with zero attached hydrogens (tertiary/aromatic N) is 3. The van der Waals surface area contributed by atoms with E-state index in [0.29, 0.717) is 12.2 Å². The van der Waals surface area contributed by atoms with Gasteiger partial charge in [0.25, 0.3) is 0 Å². The van der Waals surface area contributed by atoms with Gasteiger partial charge in [-0.15, -0.1) is 0 Å². The number of morpholine rings is 1. The molecule has 0 radical (unpaired) electrons. The summed E-state index contributed by atoms with van der Waals surface area (Å²) in [4.78, 5) is 26.4. The predicted molar refractivity (Wildman–Crippen MR) is 88.1 cm³/mol. The van der Waals surface area contributed by atoms with E-state index in [0.717, 1.165) is 12.1 Å². The Morgan fingerprint density at radius 2 is 2.17 bits per heavy atom. The molecule has 0 aliphatic carbocycles. The molecule has 1 aromatic heterocycles. The Kier molecular flexibility index (Phi) is 4.90. The number of carbonyl (C=O) groups excluding carboxylic acids is 2. The van der Waals surface area contributed by atoms with E-state index in [4.69, 9.17) is 4.74 Å². The maximum atomic E-state index is 12.6. The molecule has 3 rings (SSSR count). The number of rotatable bonds is 5. The summed E-state index contributed by atoms with van der Waals surface area (Å²) in [6.07, 6.45) is 3.35. The van der Waals surface area contributed by atoms with E-state index in [-0.39, 0.29) is 25.0 Å². The summed E-state index contributed by atoms with van der Waals surface area (Å²) in [6, 6.07) is 8.95. The van der Waals surface area contributed by atoms with Gasteiger partial charge in [0.2, 0.25) is 11.8 Å². The molecule has 2 aromatic rings. The van der Waals surface area contributed by atoms with Crippen LogP contribution in [0.15, 0.2) is 42.7 Å². The second-order valence-electron chi connectivity index (χ2n) is 5.61. The van der Waals surface area contributed by atoms with Gasteiger partial charge in [0.1, 0.15) is 12.6 Å². The fraction of sp³-hybridized carbons (Fsp3) is 0.353. The van der Waals surface area contributed by atoms with Crippen LogP contribution in [-0.4, -0.2) is 45.8 Å². The van der Waals surface area contributed by atoms with Gasteiger partial charge in [0.15, 0.2) is 0 Å². The van der Waals surface area contributed by atoms with E-state index in [9.17, 15) is 9.59 Å². The molecule has 7 heteroatoms. The maximum Gasteiger partial charge on any atom is 0.249 e. The van der Waals surface area contributed by atoms with Crippen LogP contribution in [0.4, 0.5) is 5.69 Å². The van der Waals surface area contributed by atoms with Crippen molar-refractivity contribution in [2.75, 3.05) is 18.5 Å². The van der Waals surface area contributed by atoms with Crippen LogP contribution in [0.2, 0.25) is 0 Å². The zero-order chi connectivity index (χ0) is 16.9. The third-order valence-corrected chi connectivity index (χ3v) is 3.92. The van der Waals surface area contributed by atoms with E-state index in [1.807, 2.05) is 37.3 Å². The average Bonchev–Trinajstić information content (AvgIpc) is 3.05. The molecule has 0 spiro atoms. The average molecular weight is 328 g/mol. The topological polar surface area (TPSA) is 76.5 Å². The zero-order valence-electron chi connectivity index (χ0n) is 13.5. The lowest BCUT2D eigenvalue weighted by molar-refractivity contribution is -0.154. The molecular formula is C17H20N4O3. The number of benzene rings is 1. The summed E-state index contributed by atoms with van der Waals surface area (Å²) in [6.45, 7) is 3.26. The van der Waals surface area contributed by atoms with Gasteiger partial charge >= 0.3 is 0 Å². The minimum absolute atomic E-state index is 0.00435. The van der Waals surface area contributed by atoms with Crippen molar-refractivity contribution >= 4 is 17.5 Å². The van der Waals surface area contributed by atoms with Gasteiger partial charge in [-0.2, -0.15) is 5.10 Å². The Labute approximate surface area is 140 Å². The van der Waals surface area contributed by atoms with Crippen LogP contribution in [0.5, 0.6) is 0 Å². The summed E-state index contributed by atoms with van der Waals surface area (Å²) in [5, 5.41) is 6.93. The van der Waals surface area contributed by atoms with Gasteiger partial charge in [0, 0.05) is 19.3 Å². The van der Waals surface area contributed by atoms with Crippen LogP contribution in [0.3, 0.4) is 0 Å². The van der Waals surface area contributed by atoms with Gasteiger partial charge in [-0.25, -0.2) is 0 Å². The van der Waals surface area contributed by atoms with E-state index in [1.165, 1.54) is 0 Å². The maximum absolute atomic E-state index is 12.6. The summed E-state index contributed by atoms with van der Waals surface area (Å²) in [5.74, 6) is -0.454. The summed E-state index contributed by atoms with van der Waals surface area (Å²) in [5.41, 5.74) is 1.59. The third-order valence-electron chi connectivity index (χ3n) is 3.92. The normalized spacial score (nSPS) is 17.8. The minimum atomic E-state index is -0.656. The highest BCUT2D eigenvalue weighted by Gasteiger charge is 2.34. The first kappa shape index (κ1) is 16.2. The van der Waals surface area contributed by atoms with E-state index >= 15 is 0 Å². The highest BCUT2D eigenvalue weighted by Crippen LogP contribution is 2.16. The van der Waals surface area contributed by atoms with E-state index in [1.54, 1.807) is 22.0 Å². The molecule has 1 aliphatic rings. The molecule has 1 aromatic carbocycles. The lowest BCUT2D eigenvalue weighted by Gasteiger charge is -2.34. The Balaban J connectivity index is 1.72. The lowest BCUT2D eigenvalue weighted by atomic mass is 10.1. The molecule has 0 unspecified atom stereocenters. The summed E-state index contributed by atoms with van der Waals surface area (Å²) >= 11 is 0. The predicted octanol–water partition coefficient (Wildman–Crippen LogP) is 1.27. The van der Waals surface area contributed by atoms with Crippen molar-refractivity contribution in [1.29, 1.82) is 0 Å². The van der Waals surface area contributed by atoms with E-state index < -0.39 is 6.04 Å². The molecular weight excluding hydrogens is 308 g/mol. The fourth-order valence-corrected chi connectivity index (χ4v) is 2.63. The monoisotopic (exact) mass is 328 g/mol. The van der Waals surface area contributed by atoms with Gasteiger partial charge in [-0.05, 0) is 12.5 Å². The van der Waals surface area contributed by atoms with Crippen LogP contribution in [0.25, 0.3) is 0 Å². The van der Waals surface area contributed by atoms with Crippen LogP contribution in [-0.2, 0) is 27.4 Å². The fourth-order valence-electron chi connectivity index (χ4n) is 2.63. The number of aryl methyl sites for hydroxylation is 1. The molecule has 126 valence electrons. The van der Waals surface area contributed by atoms with Gasteiger partial charge < -0.3 is 15.0 Å². The van der Waals surface area contributed by atoms with Crippen molar-refractivity contribution in [2.24, 2.45) is 0 Å². The van der Waals surface area contributed by atoms with Gasteiger partial charge in [-0.3, -0.25) is 14.3 Å². The second kappa shape index (κ2) is 7.27. The number of hydrogen-bond acceptors (Lipinski definition) is 4. The number of carbonyl (C=O) groups is 2. The van der Waals surface area contributed by atoms with Gasteiger partial charge in [-0.1, -0.05) is 30.3 Å². The number of aromatic nitrogens is 2. The zero-order valence-corrected chi connectivity index (χ0v) is 13.5. The molecule has 7 nitrogen and oxygen atoms in total. The van der Waals surface area contributed by atoms with Crippen molar-refractivity contribution in [1.82, 2.24) is 14.7 Å². The van der Waals surface area contributed by atoms with Crippen molar-refractivity contribution in [2.45, 2.75) is 26.1 Å². The first-order chi connectivity index (χ1) is 11.7. The standard InChI is InChI=1S/C17H20N4O3/c1-2-20-10-14(8-18-20)19-17(23)15-11-24-12-16(22)21(15)9-13-6-4-3-5-7-13/h3-8,10,15H,2,9,11-12H2,1H3,(H,19,23)/t15-/m0/s1. The molecule has 0 bridgehead atoms. The first-order valence-corrected chi connectivity index (χ1v) is 7.92. The number of hydrogen-bond donors (Lipinski definition) is 1.